The van der Waals surface area contributed by atoms with E-state index in [9.17, 15) is 19.8 Å². The Bertz CT molecular complexity index is 982. The predicted octanol–water partition coefficient (Wildman–Crippen LogP) is 17.1. The molecule has 0 aliphatic heterocycles. The van der Waals surface area contributed by atoms with E-state index in [1.807, 2.05) is 6.08 Å². The summed E-state index contributed by atoms with van der Waals surface area (Å²) >= 11 is 0. The third-order valence-corrected chi connectivity index (χ3v) is 13.0. The Morgan fingerprint density at radius 2 is 0.746 bits per heavy atom. The van der Waals surface area contributed by atoms with Gasteiger partial charge in [-0.2, -0.15) is 0 Å². The predicted molar refractivity (Wildman–Crippen MR) is 273 cm³/mol. The minimum Gasteiger partial charge on any atom is -0.466 e. The van der Waals surface area contributed by atoms with Gasteiger partial charge in [0.1, 0.15) is 0 Å². The van der Waals surface area contributed by atoms with Crippen molar-refractivity contribution in [3.8, 4) is 0 Å². The molecule has 0 rings (SSSR count). The van der Waals surface area contributed by atoms with Crippen LogP contribution in [0.4, 0.5) is 0 Å². The first-order valence-corrected chi connectivity index (χ1v) is 28.1. The monoisotopic (exact) mass is 888 g/mol. The number of amides is 1. The summed E-state index contributed by atoms with van der Waals surface area (Å²) in [6.45, 7) is 4.84. The highest BCUT2D eigenvalue weighted by Crippen LogP contribution is 2.17. The minimum absolute atomic E-state index is 0.0281. The molecule has 6 nitrogen and oxygen atoms in total. The van der Waals surface area contributed by atoms with E-state index < -0.39 is 12.1 Å². The molecule has 372 valence electrons. The van der Waals surface area contributed by atoms with Gasteiger partial charge in [-0.25, -0.2) is 0 Å². The quantitative estimate of drug-likeness (QED) is 0.0321. The highest BCUT2D eigenvalue weighted by Gasteiger charge is 2.18. The van der Waals surface area contributed by atoms with Crippen LogP contribution in [0.5, 0.6) is 0 Å². The summed E-state index contributed by atoms with van der Waals surface area (Å²) in [6.07, 6.45) is 63.4. The molecule has 0 saturated carbocycles. The van der Waals surface area contributed by atoms with E-state index in [1.165, 1.54) is 193 Å². The number of rotatable bonds is 52. The molecule has 2 unspecified atom stereocenters. The van der Waals surface area contributed by atoms with Crippen molar-refractivity contribution in [1.82, 2.24) is 5.32 Å². The summed E-state index contributed by atoms with van der Waals surface area (Å²) in [4.78, 5) is 24.5. The number of esters is 1. The Morgan fingerprint density at radius 3 is 1.13 bits per heavy atom. The number of aliphatic hydroxyl groups is 2. The zero-order chi connectivity index (χ0) is 45.8. The number of carbonyl (C=O) groups is 2. The van der Waals surface area contributed by atoms with E-state index in [2.05, 4.69) is 31.3 Å². The molecule has 0 fully saturated rings. The number of hydrogen-bond donors (Lipinski definition) is 3. The van der Waals surface area contributed by atoms with Crippen molar-refractivity contribution < 1.29 is 24.5 Å². The van der Waals surface area contributed by atoms with Crippen molar-refractivity contribution in [2.75, 3.05) is 13.2 Å². The van der Waals surface area contributed by atoms with E-state index in [0.717, 1.165) is 83.5 Å². The van der Waals surface area contributed by atoms with Gasteiger partial charge in [0.05, 0.1) is 25.4 Å². The van der Waals surface area contributed by atoms with E-state index >= 15 is 0 Å². The van der Waals surface area contributed by atoms with Crippen LogP contribution in [-0.2, 0) is 14.3 Å². The zero-order valence-corrected chi connectivity index (χ0v) is 42.3. The second-order valence-electron chi connectivity index (χ2n) is 19.3. The highest BCUT2D eigenvalue weighted by molar-refractivity contribution is 5.76. The lowest BCUT2D eigenvalue weighted by molar-refractivity contribution is -0.143. The number of allylic oxidation sites excluding steroid dienone is 3. The van der Waals surface area contributed by atoms with Crippen LogP contribution in [-0.4, -0.2) is 47.4 Å². The molecule has 0 bridgehead atoms. The van der Waals surface area contributed by atoms with Gasteiger partial charge >= 0.3 is 5.97 Å². The zero-order valence-electron chi connectivity index (χ0n) is 42.3. The maximum Gasteiger partial charge on any atom is 0.305 e. The minimum atomic E-state index is -0.862. The summed E-state index contributed by atoms with van der Waals surface area (Å²) in [5, 5.41) is 23.1. The second-order valence-corrected chi connectivity index (χ2v) is 19.3. The van der Waals surface area contributed by atoms with Crippen molar-refractivity contribution in [1.29, 1.82) is 0 Å². The molecule has 0 aliphatic carbocycles. The first-order valence-electron chi connectivity index (χ1n) is 28.1. The summed E-state index contributed by atoms with van der Waals surface area (Å²) in [5.74, 6) is -0.123. The number of hydrogen-bond acceptors (Lipinski definition) is 5. The summed E-state index contributed by atoms with van der Waals surface area (Å²) in [7, 11) is 0. The molecule has 0 aromatic rings. The number of unbranched alkanes of at least 4 members (excludes halogenated alkanes) is 39. The summed E-state index contributed by atoms with van der Waals surface area (Å²) in [6, 6.07) is -0.648. The largest absolute Gasteiger partial charge is 0.466 e. The van der Waals surface area contributed by atoms with Crippen LogP contribution < -0.4 is 5.32 Å². The molecule has 2 atom stereocenters. The Labute approximate surface area is 392 Å². The van der Waals surface area contributed by atoms with Crippen LogP contribution >= 0.6 is 0 Å². The average Bonchev–Trinajstić information content (AvgIpc) is 3.28. The third-order valence-electron chi connectivity index (χ3n) is 13.0. The first kappa shape index (κ1) is 61.3. The lowest BCUT2D eigenvalue weighted by Crippen LogP contribution is -2.45. The van der Waals surface area contributed by atoms with Crippen molar-refractivity contribution in [2.45, 2.75) is 315 Å². The SMILES string of the molecule is CCCCCCCCCCCCCCCC/C=C/C(O)C(CO)NC(=O)CCCCCCC/C=C\CCCCOC(=O)CCCCCCCCCCCCCCCCCCCCC. The van der Waals surface area contributed by atoms with Gasteiger partial charge in [0.15, 0.2) is 0 Å². The van der Waals surface area contributed by atoms with Gasteiger partial charge in [0.25, 0.3) is 0 Å². The fourth-order valence-corrected chi connectivity index (χ4v) is 8.63. The normalized spacial score (nSPS) is 12.8. The topological polar surface area (TPSA) is 95.9 Å². The molecule has 6 heteroatoms. The molecule has 1 amide bonds. The molecule has 0 aliphatic rings. The van der Waals surface area contributed by atoms with Crippen LogP contribution in [0, 0.1) is 0 Å². The molecular formula is C57H109NO5. The van der Waals surface area contributed by atoms with Crippen LogP contribution in [0.1, 0.15) is 303 Å². The Kier molecular flexibility index (Phi) is 51.6. The van der Waals surface area contributed by atoms with Crippen LogP contribution in [0.15, 0.2) is 24.3 Å². The molecule has 3 N–H and O–H groups in total. The Hall–Kier alpha value is -1.66. The van der Waals surface area contributed by atoms with Gasteiger partial charge in [-0.05, 0) is 57.8 Å². The molecule has 0 aromatic carbocycles. The van der Waals surface area contributed by atoms with Gasteiger partial charge in [-0.3, -0.25) is 9.59 Å². The van der Waals surface area contributed by atoms with Crippen LogP contribution in [0.3, 0.4) is 0 Å². The molecule has 63 heavy (non-hydrogen) atoms. The van der Waals surface area contributed by atoms with E-state index in [0.29, 0.717) is 19.4 Å². The first-order chi connectivity index (χ1) is 31.0. The molecule has 0 heterocycles. The Balaban J connectivity index is 3.51. The Morgan fingerprint density at radius 1 is 0.429 bits per heavy atom. The van der Waals surface area contributed by atoms with Crippen molar-refractivity contribution >= 4 is 11.9 Å². The molecule has 0 aromatic heterocycles. The molecular weight excluding hydrogens is 779 g/mol. The van der Waals surface area contributed by atoms with Crippen molar-refractivity contribution in [3.63, 3.8) is 0 Å². The number of carbonyl (C=O) groups excluding carboxylic acids is 2. The molecule has 0 saturated heterocycles. The average molecular weight is 889 g/mol. The second kappa shape index (κ2) is 53.0. The summed E-state index contributed by atoms with van der Waals surface area (Å²) < 4.78 is 5.46. The standard InChI is InChI=1S/C57H109NO5/c1-3-5-7-9-11-13-15-17-19-21-22-23-25-27-31-35-39-43-47-51-57(62)63-52-48-44-40-36-32-28-30-34-38-42-46-50-56(61)58-54(53-59)55(60)49-45-41-37-33-29-26-24-20-18-16-14-12-10-8-6-4-2/h32,36,45,49,54-55,59-60H,3-31,33-35,37-44,46-48,50-53H2,1-2H3,(H,58,61)/b36-32-,49-45+. The maximum atomic E-state index is 12.4. The lowest BCUT2D eigenvalue weighted by Gasteiger charge is -2.20. The fraction of sp³-hybridized carbons (Fsp3) is 0.895. The van der Waals surface area contributed by atoms with E-state index in [4.69, 9.17) is 4.74 Å². The van der Waals surface area contributed by atoms with Crippen molar-refractivity contribution in [2.24, 2.45) is 0 Å². The number of ether oxygens (including phenoxy) is 1. The fourth-order valence-electron chi connectivity index (χ4n) is 8.63. The van der Waals surface area contributed by atoms with Gasteiger partial charge in [0, 0.05) is 12.8 Å². The number of aliphatic hydroxyl groups excluding tert-OH is 2. The third kappa shape index (κ3) is 49.6. The summed E-state index contributed by atoms with van der Waals surface area (Å²) in [5.41, 5.74) is 0. The van der Waals surface area contributed by atoms with Crippen molar-refractivity contribution in [3.05, 3.63) is 24.3 Å². The van der Waals surface area contributed by atoms with Gasteiger partial charge in [-0.1, -0.05) is 256 Å². The maximum absolute atomic E-state index is 12.4. The van der Waals surface area contributed by atoms with E-state index in [1.54, 1.807) is 6.08 Å². The highest BCUT2D eigenvalue weighted by atomic mass is 16.5. The smallest absolute Gasteiger partial charge is 0.305 e. The van der Waals surface area contributed by atoms with Gasteiger partial charge < -0.3 is 20.3 Å². The molecule has 0 spiro atoms. The van der Waals surface area contributed by atoms with Gasteiger partial charge in [-0.15, -0.1) is 0 Å². The van der Waals surface area contributed by atoms with Gasteiger partial charge in [0.2, 0.25) is 5.91 Å². The molecule has 0 radical (unpaired) electrons. The van der Waals surface area contributed by atoms with Crippen LogP contribution in [0.25, 0.3) is 0 Å². The van der Waals surface area contributed by atoms with E-state index in [-0.39, 0.29) is 18.5 Å². The lowest BCUT2D eigenvalue weighted by atomic mass is 10.0. The van der Waals surface area contributed by atoms with Crippen LogP contribution in [0.2, 0.25) is 0 Å². The number of nitrogens with one attached hydrogen (secondary N) is 1.